The second kappa shape index (κ2) is 6.65. The van der Waals surface area contributed by atoms with E-state index in [-0.39, 0.29) is 11.1 Å². The first-order chi connectivity index (χ1) is 11.5. The number of nitrogens with zero attached hydrogens (tertiary/aromatic N) is 1. The molecule has 136 valence electrons. The van der Waals surface area contributed by atoms with E-state index in [1.807, 2.05) is 5.32 Å². The number of guanidine groups is 1. The lowest BCUT2D eigenvalue weighted by Crippen LogP contribution is -2.39. The van der Waals surface area contributed by atoms with E-state index in [0.717, 1.165) is 4.90 Å². The van der Waals surface area contributed by atoms with E-state index >= 15 is 0 Å². The molecule has 0 fully saturated rings. The molecule has 0 radical (unpaired) electrons. The highest BCUT2D eigenvalue weighted by atomic mass is 19.4. The molecule has 1 aromatic rings. The molecule has 0 bridgehead atoms. The van der Waals surface area contributed by atoms with Gasteiger partial charge in [-0.05, 0) is 17.7 Å². The highest BCUT2D eigenvalue weighted by Gasteiger charge is 2.40. The Balaban J connectivity index is 2.35. The van der Waals surface area contributed by atoms with Crippen LogP contribution in [-0.2, 0) is 4.79 Å². The Morgan fingerprint density at radius 2 is 1.88 bits per heavy atom. The number of carbonyl (C=O) groups is 2. The zero-order valence-electron chi connectivity index (χ0n) is 12.6. The van der Waals surface area contributed by atoms with E-state index in [1.54, 1.807) is 0 Å². The Morgan fingerprint density at radius 1 is 1.28 bits per heavy atom. The molecule has 0 saturated heterocycles. The molecule has 11 heteroatoms. The standard InChI is InChI=1S/C14H13F5N4O2/c15-8-3-6-7(4-9(8)16)12(25)23(2-1-14(17,18)19)10(6)5-11(24)22-13(20)21/h3-4,10H,1-2,5H2,(H4,20,21,22,24). The lowest BCUT2D eigenvalue weighted by Gasteiger charge is -2.25. The molecule has 0 aromatic heterocycles. The Labute approximate surface area is 138 Å². The van der Waals surface area contributed by atoms with E-state index in [9.17, 15) is 31.5 Å². The number of fused-ring (bicyclic) bond motifs is 1. The molecule has 2 rings (SSSR count). The predicted octanol–water partition coefficient (Wildman–Crippen LogP) is 1.81. The Kier molecular flexibility index (Phi) is 4.95. The second-order valence-corrected chi connectivity index (χ2v) is 5.40. The summed E-state index contributed by atoms with van der Waals surface area (Å²) in [5.41, 5.74) is 4.60. The molecule has 1 unspecified atom stereocenters. The lowest BCUT2D eigenvalue weighted by molar-refractivity contribution is -0.137. The molecular formula is C14H13F5N4O2. The number of amides is 2. The fraction of sp³-hybridized carbons (Fsp3) is 0.357. The molecule has 6 nitrogen and oxygen atoms in total. The van der Waals surface area contributed by atoms with Gasteiger partial charge in [-0.15, -0.1) is 0 Å². The summed E-state index contributed by atoms with van der Waals surface area (Å²) in [5, 5.41) is 8.89. The number of hydrogen-bond acceptors (Lipinski definition) is 3. The molecule has 1 aliphatic heterocycles. The topological polar surface area (TPSA) is 99.3 Å². The van der Waals surface area contributed by atoms with Crippen molar-refractivity contribution in [1.82, 2.24) is 10.2 Å². The van der Waals surface area contributed by atoms with Gasteiger partial charge in [-0.2, -0.15) is 13.2 Å². The molecule has 0 aliphatic carbocycles. The summed E-state index contributed by atoms with van der Waals surface area (Å²) in [5.74, 6) is -5.08. The van der Waals surface area contributed by atoms with Gasteiger partial charge in [-0.3, -0.25) is 20.3 Å². The van der Waals surface area contributed by atoms with Crippen molar-refractivity contribution in [3.05, 3.63) is 34.9 Å². The average molecular weight is 364 g/mol. The van der Waals surface area contributed by atoms with Crippen molar-refractivity contribution in [1.29, 1.82) is 5.41 Å². The van der Waals surface area contributed by atoms with Crippen LogP contribution in [0, 0.1) is 17.0 Å². The fourth-order valence-electron chi connectivity index (χ4n) is 2.59. The Morgan fingerprint density at radius 3 is 2.44 bits per heavy atom. The molecule has 1 atom stereocenters. The van der Waals surface area contributed by atoms with Gasteiger partial charge in [0.25, 0.3) is 5.91 Å². The molecule has 0 spiro atoms. The van der Waals surface area contributed by atoms with Crippen LogP contribution in [0.4, 0.5) is 22.0 Å². The minimum Gasteiger partial charge on any atom is -0.370 e. The molecular weight excluding hydrogens is 351 g/mol. The highest BCUT2D eigenvalue weighted by Crippen LogP contribution is 2.38. The van der Waals surface area contributed by atoms with Crippen molar-refractivity contribution in [2.45, 2.75) is 25.1 Å². The third-order valence-corrected chi connectivity index (χ3v) is 3.61. The van der Waals surface area contributed by atoms with Gasteiger partial charge >= 0.3 is 6.18 Å². The van der Waals surface area contributed by atoms with Gasteiger partial charge in [0.2, 0.25) is 5.91 Å². The van der Waals surface area contributed by atoms with Gasteiger partial charge in [-0.25, -0.2) is 8.78 Å². The van der Waals surface area contributed by atoms with Crippen LogP contribution in [-0.4, -0.2) is 35.4 Å². The number of alkyl halides is 3. The van der Waals surface area contributed by atoms with Crippen LogP contribution in [0.15, 0.2) is 12.1 Å². The third-order valence-electron chi connectivity index (χ3n) is 3.61. The number of benzene rings is 1. The smallest absolute Gasteiger partial charge is 0.370 e. The van der Waals surface area contributed by atoms with E-state index < -0.39 is 61.0 Å². The highest BCUT2D eigenvalue weighted by molar-refractivity contribution is 6.01. The average Bonchev–Trinajstić information content (AvgIpc) is 2.68. The normalized spacial score (nSPS) is 16.8. The minimum atomic E-state index is -4.56. The maximum atomic E-state index is 13.5. The summed E-state index contributed by atoms with van der Waals surface area (Å²) < 4.78 is 64.3. The Bertz CT molecular complexity index is 735. The molecule has 25 heavy (non-hydrogen) atoms. The maximum absolute atomic E-state index is 13.5. The van der Waals surface area contributed by atoms with Crippen LogP contribution in [0.25, 0.3) is 0 Å². The molecule has 4 N–H and O–H groups in total. The third kappa shape index (κ3) is 4.22. The number of hydrogen-bond donors (Lipinski definition) is 3. The van der Waals surface area contributed by atoms with Crippen LogP contribution >= 0.6 is 0 Å². The molecule has 1 aromatic carbocycles. The van der Waals surface area contributed by atoms with Gasteiger partial charge in [0.15, 0.2) is 17.6 Å². The summed E-state index contributed by atoms with van der Waals surface area (Å²) in [6.45, 7) is -0.779. The quantitative estimate of drug-likeness (QED) is 0.432. The predicted molar refractivity (Wildman–Crippen MR) is 75.5 cm³/mol. The van der Waals surface area contributed by atoms with E-state index in [1.165, 1.54) is 0 Å². The molecule has 2 amide bonds. The lowest BCUT2D eigenvalue weighted by atomic mass is 10.0. The van der Waals surface area contributed by atoms with Crippen LogP contribution in [0.5, 0.6) is 0 Å². The monoisotopic (exact) mass is 364 g/mol. The zero-order valence-corrected chi connectivity index (χ0v) is 12.6. The molecule has 1 aliphatic rings. The van der Waals surface area contributed by atoms with Crippen LogP contribution in [0.3, 0.4) is 0 Å². The number of halogens is 5. The minimum absolute atomic E-state index is 0.0928. The van der Waals surface area contributed by atoms with Crippen molar-refractivity contribution in [3.8, 4) is 0 Å². The van der Waals surface area contributed by atoms with Crippen molar-refractivity contribution >= 4 is 17.8 Å². The van der Waals surface area contributed by atoms with E-state index in [4.69, 9.17) is 11.1 Å². The molecule has 0 saturated carbocycles. The first-order valence-corrected chi connectivity index (χ1v) is 7.00. The summed E-state index contributed by atoms with van der Waals surface area (Å²) in [6, 6.07) is 0.0533. The van der Waals surface area contributed by atoms with Gasteiger partial charge in [0, 0.05) is 12.1 Å². The van der Waals surface area contributed by atoms with Crippen molar-refractivity contribution in [2.75, 3.05) is 6.54 Å². The van der Waals surface area contributed by atoms with Gasteiger partial charge in [0.1, 0.15) is 0 Å². The first kappa shape index (κ1) is 18.6. The largest absolute Gasteiger partial charge is 0.390 e. The van der Waals surface area contributed by atoms with Gasteiger partial charge < -0.3 is 10.6 Å². The number of carbonyl (C=O) groups excluding carboxylic acids is 2. The van der Waals surface area contributed by atoms with Crippen molar-refractivity contribution in [3.63, 3.8) is 0 Å². The van der Waals surface area contributed by atoms with Crippen LogP contribution in [0.1, 0.15) is 34.8 Å². The maximum Gasteiger partial charge on any atom is 0.390 e. The van der Waals surface area contributed by atoms with E-state index in [2.05, 4.69) is 0 Å². The fourth-order valence-corrected chi connectivity index (χ4v) is 2.59. The van der Waals surface area contributed by atoms with Crippen LogP contribution < -0.4 is 11.1 Å². The number of nitrogens with two attached hydrogens (primary N) is 1. The van der Waals surface area contributed by atoms with Gasteiger partial charge in [0.05, 0.1) is 18.9 Å². The Hall–Kier alpha value is -2.72. The molecule has 1 heterocycles. The summed E-state index contributed by atoms with van der Waals surface area (Å²) in [7, 11) is 0. The first-order valence-electron chi connectivity index (χ1n) is 7.00. The number of nitrogens with one attached hydrogen (secondary N) is 2. The van der Waals surface area contributed by atoms with Crippen LogP contribution in [0.2, 0.25) is 0 Å². The number of rotatable bonds is 4. The van der Waals surface area contributed by atoms with Gasteiger partial charge in [-0.1, -0.05) is 0 Å². The SMILES string of the molecule is N=C(N)NC(=O)CC1c2cc(F)c(F)cc2C(=O)N1CCC(F)(F)F. The summed E-state index contributed by atoms with van der Waals surface area (Å²) in [6.07, 6.45) is -6.46. The summed E-state index contributed by atoms with van der Waals surface area (Å²) >= 11 is 0. The van der Waals surface area contributed by atoms with E-state index in [0.29, 0.717) is 12.1 Å². The second-order valence-electron chi connectivity index (χ2n) is 5.40. The zero-order chi connectivity index (χ0) is 18.9. The van der Waals surface area contributed by atoms with Crippen molar-refractivity contribution < 1.29 is 31.5 Å². The van der Waals surface area contributed by atoms with Crippen molar-refractivity contribution in [2.24, 2.45) is 5.73 Å². The summed E-state index contributed by atoms with van der Waals surface area (Å²) in [4.78, 5) is 24.8.